The summed E-state index contributed by atoms with van der Waals surface area (Å²) in [5.74, 6) is -9.59. The van der Waals surface area contributed by atoms with Gasteiger partial charge in [-0.25, -0.2) is 8.78 Å². The van der Waals surface area contributed by atoms with Crippen LogP contribution in [0.15, 0.2) is 36.4 Å². The van der Waals surface area contributed by atoms with Crippen LogP contribution in [0.4, 0.5) is 23.2 Å². The van der Waals surface area contributed by atoms with E-state index in [2.05, 4.69) is 20.3 Å². The first-order valence-corrected chi connectivity index (χ1v) is 11.2. The molecule has 2 N–H and O–H groups in total. The molecule has 0 saturated heterocycles. The number of methoxy groups -OCH3 is 1. The number of fused-ring (bicyclic) bond motifs is 1. The van der Waals surface area contributed by atoms with Gasteiger partial charge in [0, 0.05) is 5.69 Å². The van der Waals surface area contributed by atoms with Gasteiger partial charge in [0.1, 0.15) is 22.3 Å². The normalized spacial score (nSPS) is 10.9. The summed E-state index contributed by atoms with van der Waals surface area (Å²) in [6.45, 7) is 4.16. The molecule has 0 aliphatic heterocycles. The van der Waals surface area contributed by atoms with Crippen molar-refractivity contribution in [1.29, 1.82) is 0 Å². The molecule has 37 heavy (non-hydrogen) atoms. The summed E-state index contributed by atoms with van der Waals surface area (Å²) < 4.78 is 66.2. The summed E-state index contributed by atoms with van der Waals surface area (Å²) in [4.78, 5) is 13.8. The highest BCUT2D eigenvalue weighted by molar-refractivity contribution is 7.80. The smallest absolute Gasteiger partial charge is 0.263 e. The molecule has 0 unspecified atom stereocenters. The molecule has 0 fully saturated rings. The zero-order valence-corrected chi connectivity index (χ0v) is 20.5. The van der Waals surface area contributed by atoms with Crippen LogP contribution in [0.3, 0.4) is 0 Å². The number of amides is 1. The van der Waals surface area contributed by atoms with Gasteiger partial charge < -0.3 is 14.8 Å². The summed E-state index contributed by atoms with van der Waals surface area (Å²) in [5.41, 5.74) is 1.32. The zero-order chi connectivity index (χ0) is 26.9. The van der Waals surface area contributed by atoms with Crippen LogP contribution in [-0.4, -0.2) is 39.7 Å². The Labute approximate surface area is 213 Å². The summed E-state index contributed by atoms with van der Waals surface area (Å²) in [5, 5.41) is 13.2. The number of thiocarbonyl (C=S) groups is 1. The molecular weight excluding hydrogens is 514 g/mol. The number of benzene rings is 3. The van der Waals surface area contributed by atoms with Crippen molar-refractivity contribution in [1.82, 2.24) is 20.3 Å². The van der Waals surface area contributed by atoms with Crippen LogP contribution in [-0.2, 0) is 0 Å². The van der Waals surface area contributed by atoms with Crippen LogP contribution in [0, 0.1) is 30.2 Å². The number of anilines is 1. The van der Waals surface area contributed by atoms with Gasteiger partial charge >= 0.3 is 0 Å². The Hall–Kier alpha value is -4.26. The predicted octanol–water partition coefficient (Wildman–Crippen LogP) is 4.82. The fourth-order valence-electron chi connectivity index (χ4n) is 3.47. The molecule has 4 rings (SSSR count). The van der Waals surface area contributed by atoms with Crippen molar-refractivity contribution in [2.24, 2.45) is 0 Å². The number of carbonyl (C=O) groups is 1. The van der Waals surface area contributed by atoms with Gasteiger partial charge in [0.15, 0.2) is 22.5 Å². The molecule has 3 aromatic carbocycles. The number of nitrogens with zero attached hydrogens (tertiary/aromatic N) is 3. The minimum absolute atomic E-state index is 0.373. The van der Waals surface area contributed by atoms with Crippen molar-refractivity contribution in [3.05, 3.63) is 70.8 Å². The molecule has 0 spiro atoms. The van der Waals surface area contributed by atoms with Crippen molar-refractivity contribution >= 4 is 40.0 Å². The molecule has 0 saturated carbocycles. The van der Waals surface area contributed by atoms with E-state index in [0.717, 1.165) is 7.11 Å². The lowest BCUT2D eigenvalue weighted by Gasteiger charge is -2.13. The van der Waals surface area contributed by atoms with E-state index in [1.54, 1.807) is 43.3 Å². The lowest BCUT2D eigenvalue weighted by Crippen LogP contribution is -2.35. The maximum absolute atomic E-state index is 14.2. The average Bonchev–Trinajstić information content (AvgIpc) is 3.27. The molecule has 1 aromatic heterocycles. The third-order valence-electron chi connectivity index (χ3n) is 5.23. The number of hydrogen-bond donors (Lipinski definition) is 2. The third-order valence-corrected chi connectivity index (χ3v) is 5.44. The number of halogens is 4. The molecule has 8 nitrogen and oxygen atoms in total. The second-order valence-corrected chi connectivity index (χ2v) is 8.05. The molecule has 0 aliphatic carbocycles. The zero-order valence-electron chi connectivity index (χ0n) is 19.7. The van der Waals surface area contributed by atoms with E-state index in [1.165, 1.54) is 4.80 Å². The minimum atomic E-state index is -1.92. The summed E-state index contributed by atoms with van der Waals surface area (Å²) in [7, 11) is 0.828. The molecule has 1 amide bonds. The molecule has 0 aliphatic rings. The molecule has 4 aromatic rings. The predicted molar refractivity (Wildman–Crippen MR) is 131 cm³/mol. The number of ether oxygens (including phenoxy) is 2. The Morgan fingerprint density at radius 1 is 1.00 bits per heavy atom. The van der Waals surface area contributed by atoms with Gasteiger partial charge in [-0.2, -0.15) is 13.6 Å². The van der Waals surface area contributed by atoms with E-state index in [4.69, 9.17) is 17.0 Å². The second kappa shape index (κ2) is 10.4. The third kappa shape index (κ3) is 5.03. The van der Waals surface area contributed by atoms with E-state index in [1.807, 2.05) is 12.2 Å². The van der Waals surface area contributed by atoms with E-state index in [0.29, 0.717) is 40.3 Å². The van der Waals surface area contributed by atoms with Gasteiger partial charge in [0.25, 0.3) is 5.91 Å². The Morgan fingerprint density at radius 2 is 1.59 bits per heavy atom. The molecule has 13 heteroatoms. The highest BCUT2D eigenvalue weighted by atomic mass is 32.1. The van der Waals surface area contributed by atoms with E-state index < -0.39 is 40.5 Å². The van der Waals surface area contributed by atoms with Gasteiger partial charge in [0.2, 0.25) is 11.6 Å². The Bertz CT molecular complexity index is 1500. The summed E-state index contributed by atoms with van der Waals surface area (Å²) in [6.07, 6.45) is 0. The number of carbonyl (C=O) groups excluding carboxylic acids is 1. The SMILES string of the molecule is CCOc1ccc(-n2nc3cc(C)c(NC(=S)NC(=O)c4c(F)c(F)c(OC)c(F)c4F)cc3n2)cc1. The molecule has 0 atom stereocenters. The number of aromatic nitrogens is 3. The molecule has 1 heterocycles. The van der Waals surface area contributed by atoms with Crippen LogP contribution in [0.1, 0.15) is 22.8 Å². The van der Waals surface area contributed by atoms with Crippen molar-refractivity contribution < 1.29 is 31.8 Å². The van der Waals surface area contributed by atoms with Gasteiger partial charge in [-0.05, 0) is 68.0 Å². The lowest BCUT2D eigenvalue weighted by molar-refractivity contribution is 0.0966. The van der Waals surface area contributed by atoms with Crippen LogP contribution in [0.25, 0.3) is 16.7 Å². The second-order valence-electron chi connectivity index (χ2n) is 7.64. The maximum Gasteiger partial charge on any atom is 0.263 e. The summed E-state index contributed by atoms with van der Waals surface area (Å²) in [6, 6.07) is 10.5. The van der Waals surface area contributed by atoms with Crippen LogP contribution in [0.5, 0.6) is 11.5 Å². The van der Waals surface area contributed by atoms with Gasteiger partial charge in [-0.3, -0.25) is 10.1 Å². The average molecular weight is 534 g/mol. The Morgan fingerprint density at radius 3 is 2.16 bits per heavy atom. The molecule has 0 bridgehead atoms. The lowest BCUT2D eigenvalue weighted by atomic mass is 10.1. The Kier molecular flexibility index (Phi) is 7.25. The summed E-state index contributed by atoms with van der Waals surface area (Å²) >= 11 is 5.06. The highest BCUT2D eigenvalue weighted by Gasteiger charge is 2.30. The topological polar surface area (TPSA) is 90.3 Å². The molecule has 0 radical (unpaired) electrons. The number of hydrogen-bond acceptors (Lipinski definition) is 6. The van der Waals surface area contributed by atoms with Gasteiger partial charge in [0.05, 0.1) is 19.4 Å². The molecule has 192 valence electrons. The highest BCUT2D eigenvalue weighted by Crippen LogP contribution is 2.30. The first-order valence-electron chi connectivity index (χ1n) is 10.8. The monoisotopic (exact) mass is 533 g/mol. The largest absolute Gasteiger partial charge is 0.494 e. The number of rotatable bonds is 6. The first-order chi connectivity index (χ1) is 17.6. The van der Waals surface area contributed by atoms with Gasteiger partial charge in [-0.15, -0.1) is 10.2 Å². The fourth-order valence-corrected chi connectivity index (χ4v) is 3.67. The number of aryl methyl sites for hydroxylation is 1. The van der Waals surface area contributed by atoms with Crippen LogP contribution >= 0.6 is 12.2 Å². The van der Waals surface area contributed by atoms with Crippen molar-refractivity contribution in [2.75, 3.05) is 19.0 Å². The van der Waals surface area contributed by atoms with Crippen LogP contribution < -0.4 is 20.1 Å². The van der Waals surface area contributed by atoms with Gasteiger partial charge in [-0.1, -0.05) is 0 Å². The quantitative estimate of drug-likeness (QED) is 0.209. The number of nitrogens with one attached hydrogen (secondary N) is 2. The van der Waals surface area contributed by atoms with E-state index in [-0.39, 0.29) is 5.11 Å². The minimum Gasteiger partial charge on any atom is -0.494 e. The van der Waals surface area contributed by atoms with E-state index >= 15 is 0 Å². The van der Waals surface area contributed by atoms with Crippen LogP contribution in [0.2, 0.25) is 0 Å². The maximum atomic E-state index is 14.2. The Balaban J connectivity index is 1.54. The molecular formula is C24H19F4N5O3S. The first kappa shape index (κ1) is 25.8. The van der Waals surface area contributed by atoms with Crippen molar-refractivity contribution in [2.45, 2.75) is 13.8 Å². The fraction of sp³-hybridized carbons (Fsp3) is 0.167. The van der Waals surface area contributed by atoms with E-state index in [9.17, 15) is 22.4 Å². The van der Waals surface area contributed by atoms with Crippen molar-refractivity contribution in [3.63, 3.8) is 0 Å². The standard InChI is InChI=1S/C24H19F4N5O3S/c1-4-36-13-7-5-12(6-8-13)33-31-15-9-11(2)14(10-16(15)32-33)29-24(37)30-23(34)17-18(25)20(27)22(35-3)21(28)19(17)26/h5-10H,4H2,1-3H3,(H2,29,30,34,37). The van der Waals surface area contributed by atoms with Crippen molar-refractivity contribution in [3.8, 4) is 17.2 Å².